The van der Waals surface area contributed by atoms with Crippen molar-refractivity contribution in [3.63, 3.8) is 0 Å². The predicted molar refractivity (Wildman–Crippen MR) is 59.5 cm³/mol. The van der Waals surface area contributed by atoms with Gasteiger partial charge in [-0.25, -0.2) is 0 Å². The van der Waals surface area contributed by atoms with Gasteiger partial charge in [0.1, 0.15) is 6.61 Å². The average molecular weight is 214 g/mol. The Labute approximate surface area is 91.8 Å². The summed E-state index contributed by atoms with van der Waals surface area (Å²) >= 11 is 0. The molecule has 4 heteroatoms. The number of likely N-dealkylation sites (N-methyl/N-ethyl adjacent to an activating group) is 1. The topological polar surface area (TPSA) is 55.6 Å². The van der Waals surface area contributed by atoms with E-state index in [9.17, 15) is 4.79 Å². The van der Waals surface area contributed by atoms with Crippen molar-refractivity contribution in [3.8, 4) is 0 Å². The van der Waals surface area contributed by atoms with Gasteiger partial charge < -0.3 is 15.4 Å². The monoisotopic (exact) mass is 214 g/mol. The second kappa shape index (κ2) is 6.80. The average Bonchev–Trinajstić information content (AvgIpc) is 2.29. The minimum absolute atomic E-state index is 0.0790. The molecule has 0 aliphatic heterocycles. The summed E-state index contributed by atoms with van der Waals surface area (Å²) < 4.78 is 5.14. The van der Waals surface area contributed by atoms with E-state index in [1.54, 1.807) is 0 Å². The predicted octanol–water partition coefficient (Wildman–Crippen LogP) is 0.753. The fraction of sp³-hybridized carbons (Fsp3) is 0.909. The van der Waals surface area contributed by atoms with E-state index >= 15 is 0 Å². The van der Waals surface area contributed by atoms with E-state index in [2.05, 4.69) is 0 Å². The zero-order valence-corrected chi connectivity index (χ0v) is 9.58. The second-order valence-corrected chi connectivity index (χ2v) is 4.14. The van der Waals surface area contributed by atoms with Gasteiger partial charge >= 0.3 is 0 Å². The summed E-state index contributed by atoms with van der Waals surface area (Å²) in [6, 6.07) is 0.424. The summed E-state index contributed by atoms with van der Waals surface area (Å²) in [7, 11) is 1.88. The van der Waals surface area contributed by atoms with Crippen molar-refractivity contribution < 1.29 is 9.53 Å². The van der Waals surface area contributed by atoms with Gasteiger partial charge in [0.2, 0.25) is 5.91 Å². The highest BCUT2D eigenvalue weighted by molar-refractivity contribution is 5.77. The number of amides is 1. The highest BCUT2D eigenvalue weighted by Crippen LogP contribution is 2.21. The molecular weight excluding hydrogens is 192 g/mol. The molecule has 1 aliphatic carbocycles. The van der Waals surface area contributed by atoms with Crippen LogP contribution in [0.2, 0.25) is 0 Å². The molecule has 1 fully saturated rings. The standard InChI is InChI=1S/C11H22N2O2/c1-13(10-5-3-2-4-6-10)11(14)9-15-8-7-12/h10H,2-9,12H2,1H3. The molecule has 0 bridgehead atoms. The first-order valence-electron chi connectivity index (χ1n) is 5.79. The zero-order chi connectivity index (χ0) is 11.1. The van der Waals surface area contributed by atoms with Gasteiger partial charge in [-0.1, -0.05) is 19.3 Å². The first-order chi connectivity index (χ1) is 7.25. The molecule has 15 heavy (non-hydrogen) atoms. The molecule has 88 valence electrons. The number of hydrogen-bond donors (Lipinski definition) is 1. The highest BCUT2D eigenvalue weighted by atomic mass is 16.5. The van der Waals surface area contributed by atoms with Crippen molar-refractivity contribution in [1.29, 1.82) is 0 Å². The first kappa shape index (κ1) is 12.5. The summed E-state index contributed by atoms with van der Waals surface area (Å²) in [5.74, 6) is 0.0790. The Morgan fingerprint density at radius 1 is 1.40 bits per heavy atom. The molecule has 4 nitrogen and oxygen atoms in total. The lowest BCUT2D eigenvalue weighted by Gasteiger charge is -2.31. The molecule has 0 heterocycles. The smallest absolute Gasteiger partial charge is 0.248 e. The van der Waals surface area contributed by atoms with E-state index in [4.69, 9.17) is 10.5 Å². The van der Waals surface area contributed by atoms with Gasteiger partial charge in [-0.05, 0) is 12.8 Å². The fourth-order valence-electron chi connectivity index (χ4n) is 2.02. The van der Waals surface area contributed by atoms with Crippen molar-refractivity contribution in [2.75, 3.05) is 26.8 Å². The largest absolute Gasteiger partial charge is 0.370 e. The summed E-state index contributed by atoms with van der Waals surface area (Å²) in [6.07, 6.45) is 6.07. The quantitative estimate of drug-likeness (QED) is 0.687. The first-order valence-corrected chi connectivity index (χ1v) is 5.79. The Bertz CT molecular complexity index is 191. The number of rotatable bonds is 5. The zero-order valence-electron chi connectivity index (χ0n) is 9.58. The number of carbonyl (C=O) groups excluding carboxylic acids is 1. The lowest BCUT2D eigenvalue weighted by molar-refractivity contribution is -0.137. The second-order valence-electron chi connectivity index (χ2n) is 4.14. The molecule has 1 rings (SSSR count). The maximum Gasteiger partial charge on any atom is 0.248 e. The normalized spacial score (nSPS) is 17.7. The molecule has 0 saturated heterocycles. The Morgan fingerprint density at radius 2 is 2.07 bits per heavy atom. The van der Waals surface area contributed by atoms with Crippen LogP contribution in [0.25, 0.3) is 0 Å². The number of nitrogens with zero attached hydrogens (tertiary/aromatic N) is 1. The Kier molecular flexibility index (Phi) is 5.65. The summed E-state index contributed by atoms with van der Waals surface area (Å²) in [5.41, 5.74) is 5.28. The molecule has 1 aliphatic rings. The van der Waals surface area contributed by atoms with Crippen molar-refractivity contribution in [3.05, 3.63) is 0 Å². The lowest BCUT2D eigenvalue weighted by Crippen LogP contribution is -2.40. The molecule has 1 amide bonds. The molecule has 0 aromatic heterocycles. The molecule has 2 N–H and O–H groups in total. The summed E-state index contributed by atoms with van der Waals surface area (Å²) in [5, 5.41) is 0. The number of carbonyl (C=O) groups is 1. The van der Waals surface area contributed by atoms with Crippen molar-refractivity contribution in [2.45, 2.75) is 38.1 Å². The van der Waals surface area contributed by atoms with Gasteiger partial charge in [0.05, 0.1) is 6.61 Å². The van der Waals surface area contributed by atoms with Gasteiger partial charge in [0.25, 0.3) is 0 Å². The van der Waals surface area contributed by atoms with E-state index in [0.29, 0.717) is 19.2 Å². The van der Waals surface area contributed by atoms with E-state index in [1.807, 2.05) is 11.9 Å². The van der Waals surface area contributed by atoms with E-state index < -0.39 is 0 Å². The van der Waals surface area contributed by atoms with Crippen LogP contribution in [0, 0.1) is 0 Å². The van der Waals surface area contributed by atoms with Crippen LogP contribution in [0.4, 0.5) is 0 Å². The van der Waals surface area contributed by atoms with Crippen molar-refractivity contribution in [1.82, 2.24) is 4.90 Å². The van der Waals surface area contributed by atoms with Crippen LogP contribution in [-0.4, -0.2) is 43.7 Å². The van der Waals surface area contributed by atoms with E-state index in [0.717, 1.165) is 12.8 Å². The molecule has 0 atom stereocenters. The summed E-state index contributed by atoms with van der Waals surface area (Å²) in [4.78, 5) is 13.5. The third-order valence-electron chi connectivity index (χ3n) is 3.00. The molecule has 0 spiro atoms. The molecule has 0 unspecified atom stereocenters. The Hall–Kier alpha value is -0.610. The van der Waals surface area contributed by atoms with E-state index in [-0.39, 0.29) is 12.5 Å². The minimum Gasteiger partial charge on any atom is -0.370 e. The lowest BCUT2D eigenvalue weighted by atomic mass is 9.94. The van der Waals surface area contributed by atoms with Crippen LogP contribution in [0.15, 0.2) is 0 Å². The van der Waals surface area contributed by atoms with Crippen LogP contribution in [0.5, 0.6) is 0 Å². The Balaban J connectivity index is 2.24. The third kappa shape index (κ3) is 4.18. The maximum atomic E-state index is 11.7. The molecule has 0 radical (unpaired) electrons. The van der Waals surface area contributed by atoms with E-state index in [1.165, 1.54) is 19.3 Å². The number of hydrogen-bond acceptors (Lipinski definition) is 3. The van der Waals surface area contributed by atoms with Gasteiger partial charge in [-0.15, -0.1) is 0 Å². The molecular formula is C11H22N2O2. The van der Waals surface area contributed by atoms with Crippen LogP contribution in [0.1, 0.15) is 32.1 Å². The highest BCUT2D eigenvalue weighted by Gasteiger charge is 2.21. The van der Waals surface area contributed by atoms with Crippen molar-refractivity contribution in [2.24, 2.45) is 5.73 Å². The molecule has 1 saturated carbocycles. The van der Waals surface area contributed by atoms with Crippen LogP contribution < -0.4 is 5.73 Å². The summed E-state index contributed by atoms with van der Waals surface area (Å²) in [6.45, 7) is 1.11. The Morgan fingerprint density at radius 3 is 2.67 bits per heavy atom. The minimum atomic E-state index is 0.0790. The van der Waals surface area contributed by atoms with Gasteiger partial charge in [-0.3, -0.25) is 4.79 Å². The van der Waals surface area contributed by atoms with Crippen LogP contribution in [0.3, 0.4) is 0 Å². The molecule has 0 aromatic rings. The molecule has 0 aromatic carbocycles. The van der Waals surface area contributed by atoms with Crippen LogP contribution in [-0.2, 0) is 9.53 Å². The maximum absolute atomic E-state index is 11.7. The SMILES string of the molecule is CN(C(=O)COCCN)C1CCCCC1. The fourth-order valence-corrected chi connectivity index (χ4v) is 2.02. The van der Waals surface area contributed by atoms with Crippen molar-refractivity contribution >= 4 is 5.91 Å². The van der Waals surface area contributed by atoms with Crippen LogP contribution >= 0.6 is 0 Å². The number of nitrogens with two attached hydrogens (primary N) is 1. The third-order valence-corrected chi connectivity index (χ3v) is 3.00. The van der Waals surface area contributed by atoms with Gasteiger partial charge in [-0.2, -0.15) is 0 Å². The number of ether oxygens (including phenoxy) is 1. The van der Waals surface area contributed by atoms with Gasteiger partial charge in [0, 0.05) is 19.6 Å². The van der Waals surface area contributed by atoms with Gasteiger partial charge in [0.15, 0.2) is 0 Å².